The van der Waals surface area contributed by atoms with E-state index in [1.54, 1.807) is 29.0 Å². The summed E-state index contributed by atoms with van der Waals surface area (Å²) in [6, 6.07) is 23.2. The molecule has 0 saturated heterocycles. The minimum atomic E-state index is -0.192. The van der Waals surface area contributed by atoms with Crippen LogP contribution in [-0.4, -0.2) is 24.3 Å². The maximum Gasteiger partial charge on any atom is 0.277 e. The molecule has 0 N–H and O–H groups in total. The Morgan fingerprint density at radius 3 is 2.64 bits per heavy atom. The van der Waals surface area contributed by atoms with Gasteiger partial charge in [-0.3, -0.25) is 4.79 Å². The number of benzene rings is 3. The van der Waals surface area contributed by atoms with Gasteiger partial charge in [0, 0.05) is 28.5 Å². The van der Waals surface area contributed by atoms with Gasteiger partial charge in [-0.1, -0.05) is 59.2 Å². The summed E-state index contributed by atoms with van der Waals surface area (Å²) in [4.78, 5) is 17.6. The maximum absolute atomic E-state index is 13.2. The number of hydrogen-bond donors (Lipinski definition) is 0. The second-order valence-electron chi connectivity index (χ2n) is 7.64. The van der Waals surface area contributed by atoms with E-state index in [9.17, 15) is 4.79 Å². The number of rotatable bonds is 4. The van der Waals surface area contributed by atoms with Crippen LogP contribution in [0.25, 0.3) is 38.9 Å². The molecule has 0 unspecified atom stereocenters. The Balaban J connectivity index is 1.35. The third-order valence-corrected chi connectivity index (χ3v) is 5.80. The minimum Gasteiger partial charge on any atom is -0.337 e. The highest BCUT2D eigenvalue weighted by Gasteiger charge is 2.14. The molecule has 0 fully saturated rings. The predicted molar refractivity (Wildman–Crippen MR) is 126 cm³/mol. The number of nitrogens with zero attached hydrogens (tertiary/aromatic N) is 5. The van der Waals surface area contributed by atoms with Gasteiger partial charge in [0.2, 0.25) is 11.7 Å². The van der Waals surface area contributed by atoms with Gasteiger partial charge in [-0.2, -0.15) is 10.1 Å². The fraction of sp³-hybridized carbons (Fsp3) is 0.0400. The zero-order valence-electron chi connectivity index (χ0n) is 17.2. The first kappa shape index (κ1) is 19.5. The van der Waals surface area contributed by atoms with Crippen molar-refractivity contribution in [1.82, 2.24) is 24.3 Å². The Hall–Kier alpha value is -4.23. The van der Waals surface area contributed by atoms with E-state index in [-0.39, 0.29) is 12.1 Å². The SMILES string of the molecule is O=c1c2cc(-c3cccc4ccccc34)nn2ccn1Cc1nc(-c2ccc(Cl)cc2)no1. The van der Waals surface area contributed by atoms with Crippen molar-refractivity contribution in [2.45, 2.75) is 6.54 Å². The van der Waals surface area contributed by atoms with E-state index in [1.807, 2.05) is 42.5 Å². The fourth-order valence-electron chi connectivity index (χ4n) is 3.91. The first-order valence-electron chi connectivity index (χ1n) is 10.3. The molecule has 0 spiro atoms. The van der Waals surface area contributed by atoms with Gasteiger partial charge in [-0.05, 0) is 41.1 Å². The van der Waals surface area contributed by atoms with E-state index in [0.29, 0.717) is 22.3 Å². The molecule has 0 radical (unpaired) electrons. The first-order chi connectivity index (χ1) is 16.2. The molecule has 8 heteroatoms. The zero-order chi connectivity index (χ0) is 22.4. The summed E-state index contributed by atoms with van der Waals surface area (Å²) in [6.45, 7) is 0.157. The summed E-state index contributed by atoms with van der Waals surface area (Å²) < 4.78 is 8.50. The number of fused-ring (bicyclic) bond motifs is 2. The summed E-state index contributed by atoms with van der Waals surface area (Å²) in [5.41, 5.74) is 2.78. The molecular formula is C25H16ClN5O2. The summed E-state index contributed by atoms with van der Waals surface area (Å²) in [5.74, 6) is 0.776. The summed E-state index contributed by atoms with van der Waals surface area (Å²) >= 11 is 5.94. The molecule has 3 aromatic heterocycles. The normalized spacial score (nSPS) is 11.4. The molecule has 7 nitrogen and oxygen atoms in total. The van der Waals surface area contributed by atoms with E-state index in [0.717, 1.165) is 27.6 Å². The zero-order valence-corrected chi connectivity index (χ0v) is 18.0. The Kier molecular flexibility index (Phi) is 4.55. The molecule has 6 aromatic rings. The topological polar surface area (TPSA) is 78.2 Å². The lowest BCUT2D eigenvalue weighted by Crippen LogP contribution is -2.21. The Morgan fingerprint density at radius 2 is 1.76 bits per heavy atom. The van der Waals surface area contributed by atoms with Gasteiger partial charge in [0.05, 0.1) is 5.69 Å². The summed E-state index contributed by atoms with van der Waals surface area (Å²) in [6.07, 6.45) is 3.42. The van der Waals surface area contributed by atoms with Gasteiger partial charge in [-0.15, -0.1) is 0 Å². The van der Waals surface area contributed by atoms with Gasteiger partial charge in [0.25, 0.3) is 5.56 Å². The Labute approximate surface area is 192 Å². The smallest absolute Gasteiger partial charge is 0.277 e. The van der Waals surface area contributed by atoms with Crippen molar-refractivity contribution in [3.05, 3.63) is 106 Å². The van der Waals surface area contributed by atoms with Crippen LogP contribution in [0.2, 0.25) is 5.02 Å². The number of hydrogen-bond acceptors (Lipinski definition) is 5. The van der Waals surface area contributed by atoms with Crippen molar-refractivity contribution in [2.24, 2.45) is 0 Å². The van der Waals surface area contributed by atoms with Crippen LogP contribution in [0.1, 0.15) is 5.89 Å². The first-order valence-corrected chi connectivity index (χ1v) is 10.7. The molecule has 3 aromatic carbocycles. The summed E-state index contributed by atoms with van der Waals surface area (Å²) in [7, 11) is 0. The lowest BCUT2D eigenvalue weighted by Gasteiger charge is -2.03. The van der Waals surface area contributed by atoms with Crippen LogP contribution in [-0.2, 0) is 6.54 Å². The van der Waals surface area contributed by atoms with Gasteiger partial charge >= 0.3 is 0 Å². The molecule has 0 atom stereocenters. The summed E-state index contributed by atoms with van der Waals surface area (Å²) in [5, 5.41) is 11.5. The predicted octanol–water partition coefficient (Wildman–Crippen LogP) is 5.07. The minimum absolute atomic E-state index is 0.157. The van der Waals surface area contributed by atoms with E-state index >= 15 is 0 Å². The quantitative estimate of drug-likeness (QED) is 0.372. The number of halogens is 1. The van der Waals surface area contributed by atoms with Crippen LogP contribution in [0.4, 0.5) is 0 Å². The largest absolute Gasteiger partial charge is 0.337 e. The van der Waals surface area contributed by atoms with Gasteiger partial charge in [-0.25, -0.2) is 4.52 Å². The second kappa shape index (κ2) is 7.72. The van der Waals surface area contributed by atoms with Crippen molar-refractivity contribution in [3.8, 4) is 22.6 Å². The van der Waals surface area contributed by atoms with Crippen LogP contribution in [0.15, 0.2) is 94.5 Å². The highest BCUT2D eigenvalue weighted by molar-refractivity contribution is 6.30. The average molecular weight is 454 g/mol. The third-order valence-electron chi connectivity index (χ3n) is 5.55. The van der Waals surface area contributed by atoms with Crippen LogP contribution >= 0.6 is 11.6 Å². The molecule has 160 valence electrons. The molecular weight excluding hydrogens is 438 g/mol. The van der Waals surface area contributed by atoms with Gasteiger partial charge in [0.1, 0.15) is 12.1 Å². The maximum atomic E-state index is 13.2. The average Bonchev–Trinajstić information content (AvgIpc) is 3.49. The highest BCUT2D eigenvalue weighted by atomic mass is 35.5. The van der Waals surface area contributed by atoms with Crippen LogP contribution in [0.5, 0.6) is 0 Å². The molecule has 0 amide bonds. The fourth-order valence-corrected chi connectivity index (χ4v) is 4.04. The number of aromatic nitrogens is 5. The van der Waals surface area contributed by atoms with Crippen molar-refractivity contribution in [2.75, 3.05) is 0 Å². The van der Waals surface area contributed by atoms with Crippen LogP contribution in [0.3, 0.4) is 0 Å². The molecule has 3 heterocycles. The van der Waals surface area contributed by atoms with E-state index in [2.05, 4.69) is 33.4 Å². The van der Waals surface area contributed by atoms with E-state index < -0.39 is 0 Å². The van der Waals surface area contributed by atoms with Gasteiger partial charge in [0.15, 0.2) is 0 Å². The molecule has 0 aliphatic heterocycles. The monoisotopic (exact) mass is 453 g/mol. The van der Waals surface area contributed by atoms with Gasteiger partial charge < -0.3 is 9.09 Å². The molecule has 0 aliphatic rings. The van der Waals surface area contributed by atoms with Crippen molar-refractivity contribution >= 4 is 27.9 Å². The van der Waals surface area contributed by atoms with E-state index in [4.69, 9.17) is 16.1 Å². The molecule has 0 bridgehead atoms. The second-order valence-corrected chi connectivity index (χ2v) is 8.07. The van der Waals surface area contributed by atoms with Crippen molar-refractivity contribution in [3.63, 3.8) is 0 Å². The molecule has 33 heavy (non-hydrogen) atoms. The van der Waals surface area contributed by atoms with Crippen molar-refractivity contribution < 1.29 is 4.52 Å². The van der Waals surface area contributed by atoms with E-state index in [1.165, 1.54) is 4.57 Å². The third kappa shape index (κ3) is 3.48. The Bertz CT molecular complexity index is 1680. The van der Waals surface area contributed by atoms with Crippen LogP contribution in [0, 0.1) is 0 Å². The van der Waals surface area contributed by atoms with Crippen LogP contribution < -0.4 is 5.56 Å². The standard InChI is InChI=1S/C25H16ClN5O2/c26-18-10-8-17(9-11-18)24-27-23(33-29-24)15-30-12-13-31-22(25(30)32)14-21(28-31)20-7-3-5-16-4-1-2-6-19(16)20/h1-14H,15H2. The lowest BCUT2D eigenvalue weighted by molar-refractivity contribution is 0.370. The highest BCUT2D eigenvalue weighted by Crippen LogP contribution is 2.28. The lowest BCUT2D eigenvalue weighted by atomic mass is 10.0. The molecule has 0 aliphatic carbocycles. The van der Waals surface area contributed by atoms with Crippen molar-refractivity contribution in [1.29, 1.82) is 0 Å². The molecule has 6 rings (SSSR count). The molecule has 0 saturated carbocycles. The Morgan fingerprint density at radius 1 is 0.939 bits per heavy atom.